The second kappa shape index (κ2) is 10.1. The quantitative estimate of drug-likeness (QED) is 0.163. The third-order valence-electron chi connectivity index (χ3n) is 11.4. The van der Waals surface area contributed by atoms with Crippen molar-refractivity contribution in [2.24, 2.45) is 0 Å². The molecule has 0 saturated heterocycles. The smallest absolute Gasteiger partial charge is 0.0361 e. The monoisotopic (exact) mass is 652 g/mol. The molecule has 1 aliphatic carbocycles. The molecule has 0 nitrogen and oxygen atoms in total. The van der Waals surface area contributed by atoms with E-state index in [9.17, 15) is 0 Å². The highest BCUT2D eigenvalue weighted by Gasteiger charge is 2.38. The Labute approximate surface area is 294 Å². The Morgan fingerprint density at radius 3 is 1.78 bits per heavy atom. The van der Waals surface area contributed by atoms with Crippen LogP contribution >= 0.6 is 11.3 Å². The van der Waals surface area contributed by atoms with Crippen LogP contribution in [0.4, 0.5) is 0 Å². The van der Waals surface area contributed by atoms with Crippen LogP contribution in [0.2, 0.25) is 0 Å². The molecule has 9 aromatic carbocycles. The van der Waals surface area contributed by atoms with Crippen molar-refractivity contribution in [2.45, 2.75) is 19.3 Å². The molecule has 0 spiro atoms. The third kappa shape index (κ3) is 3.71. The molecule has 1 aromatic heterocycles. The van der Waals surface area contributed by atoms with Crippen LogP contribution in [-0.2, 0) is 5.41 Å². The molecular formula is C49H32S. The maximum atomic E-state index is 2.49. The van der Waals surface area contributed by atoms with Gasteiger partial charge in [0, 0.05) is 25.6 Å². The molecule has 11 rings (SSSR count). The lowest BCUT2D eigenvalue weighted by atomic mass is 9.79. The van der Waals surface area contributed by atoms with Crippen LogP contribution in [0.3, 0.4) is 0 Å². The highest BCUT2D eigenvalue weighted by Crippen LogP contribution is 2.55. The highest BCUT2D eigenvalue weighted by atomic mass is 32.1. The van der Waals surface area contributed by atoms with E-state index >= 15 is 0 Å². The van der Waals surface area contributed by atoms with Gasteiger partial charge >= 0.3 is 0 Å². The van der Waals surface area contributed by atoms with E-state index in [1.54, 1.807) is 0 Å². The predicted octanol–water partition coefficient (Wildman–Crippen LogP) is 14.3. The molecule has 0 aliphatic heterocycles. The molecule has 1 heterocycles. The summed E-state index contributed by atoms with van der Waals surface area (Å²) in [6.45, 7) is 4.85. The fourth-order valence-corrected chi connectivity index (χ4v) is 10.4. The predicted molar refractivity (Wildman–Crippen MR) is 218 cm³/mol. The van der Waals surface area contributed by atoms with Crippen molar-refractivity contribution in [1.29, 1.82) is 0 Å². The van der Waals surface area contributed by atoms with Crippen molar-refractivity contribution in [2.75, 3.05) is 0 Å². The van der Waals surface area contributed by atoms with E-state index in [0.717, 1.165) is 0 Å². The van der Waals surface area contributed by atoms with Gasteiger partial charge in [-0.15, -0.1) is 11.3 Å². The summed E-state index contributed by atoms with van der Waals surface area (Å²) >= 11 is 1.91. The third-order valence-corrected chi connectivity index (χ3v) is 12.5. The van der Waals surface area contributed by atoms with Crippen molar-refractivity contribution in [1.82, 2.24) is 0 Å². The lowest BCUT2D eigenvalue weighted by Gasteiger charge is -2.24. The van der Waals surface area contributed by atoms with Gasteiger partial charge in [-0.1, -0.05) is 153 Å². The van der Waals surface area contributed by atoms with Gasteiger partial charge in [0.25, 0.3) is 0 Å². The van der Waals surface area contributed by atoms with Crippen LogP contribution in [0.15, 0.2) is 158 Å². The standard InChI is InChI=1S/C49H32S/c1-49(2)41-26-23-31(28-40(41)38-25-22-30-24-27-43-47(45(30)48(38)49)39-19-9-10-21-42(39)50-43)44-34-15-5-7-17-36(34)46(37-18-8-6-16-35(37)44)33-20-11-13-29-12-3-4-14-32(29)33/h3-28H,1-2H3. The highest BCUT2D eigenvalue weighted by molar-refractivity contribution is 7.26. The van der Waals surface area contributed by atoms with E-state index in [4.69, 9.17) is 0 Å². The van der Waals surface area contributed by atoms with Gasteiger partial charge in [0.05, 0.1) is 0 Å². The maximum Gasteiger partial charge on any atom is 0.0361 e. The number of hydrogen-bond donors (Lipinski definition) is 0. The van der Waals surface area contributed by atoms with Gasteiger partial charge in [0.15, 0.2) is 0 Å². The van der Waals surface area contributed by atoms with Crippen LogP contribution in [-0.4, -0.2) is 0 Å². The Hall–Kier alpha value is -5.76. The van der Waals surface area contributed by atoms with Gasteiger partial charge in [-0.3, -0.25) is 0 Å². The van der Waals surface area contributed by atoms with Gasteiger partial charge in [-0.2, -0.15) is 0 Å². The minimum Gasteiger partial charge on any atom is -0.135 e. The number of rotatable bonds is 2. The van der Waals surface area contributed by atoms with Crippen molar-refractivity contribution in [3.05, 3.63) is 169 Å². The van der Waals surface area contributed by atoms with Gasteiger partial charge in [0.1, 0.15) is 0 Å². The normalized spacial score (nSPS) is 13.6. The molecular weight excluding hydrogens is 621 g/mol. The van der Waals surface area contributed by atoms with Gasteiger partial charge < -0.3 is 0 Å². The Bertz CT molecular complexity index is 3000. The van der Waals surface area contributed by atoms with E-state index in [2.05, 4.69) is 172 Å². The number of benzene rings is 9. The van der Waals surface area contributed by atoms with E-state index in [0.29, 0.717) is 0 Å². The topological polar surface area (TPSA) is 0 Å². The fraction of sp³-hybridized carbons (Fsp3) is 0.0612. The second-order valence-electron chi connectivity index (χ2n) is 14.4. The lowest BCUT2D eigenvalue weighted by molar-refractivity contribution is 0.667. The Morgan fingerprint density at radius 1 is 0.400 bits per heavy atom. The summed E-state index contributed by atoms with van der Waals surface area (Å²) in [7, 11) is 0. The van der Waals surface area contributed by atoms with Crippen LogP contribution < -0.4 is 0 Å². The molecule has 0 fully saturated rings. The molecule has 50 heavy (non-hydrogen) atoms. The Balaban J connectivity index is 1.21. The average molecular weight is 653 g/mol. The molecule has 0 atom stereocenters. The molecule has 0 N–H and O–H groups in total. The first-order chi connectivity index (χ1) is 24.6. The van der Waals surface area contributed by atoms with E-state index < -0.39 is 0 Å². The molecule has 0 amide bonds. The van der Waals surface area contributed by atoms with Crippen LogP contribution in [0.1, 0.15) is 25.0 Å². The summed E-state index contributed by atoms with van der Waals surface area (Å²) in [5.41, 5.74) is 10.6. The van der Waals surface area contributed by atoms with Crippen LogP contribution in [0.25, 0.3) is 96.6 Å². The summed E-state index contributed by atoms with van der Waals surface area (Å²) < 4.78 is 2.72. The van der Waals surface area contributed by atoms with Gasteiger partial charge in [-0.05, 0) is 106 Å². The summed E-state index contributed by atoms with van der Waals surface area (Å²) in [6, 6.07) is 59.1. The maximum absolute atomic E-state index is 2.49. The summed E-state index contributed by atoms with van der Waals surface area (Å²) in [5.74, 6) is 0. The SMILES string of the molecule is CC1(C)c2ccc(-c3c4ccccc4c(-c4cccc5ccccc45)c4ccccc34)cc2-c2ccc3ccc4sc5ccccc5c4c3c21. The second-order valence-corrected chi connectivity index (χ2v) is 15.5. The minimum atomic E-state index is -0.137. The molecule has 0 saturated carbocycles. The minimum absolute atomic E-state index is 0.137. The first kappa shape index (κ1) is 28.1. The summed E-state index contributed by atoms with van der Waals surface area (Å²) in [4.78, 5) is 0. The average Bonchev–Trinajstić information content (AvgIpc) is 3.65. The number of hydrogen-bond acceptors (Lipinski definition) is 1. The zero-order valence-corrected chi connectivity index (χ0v) is 28.7. The van der Waals surface area contributed by atoms with Crippen LogP contribution in [0, 0.1) is 0 Å². The molecule has 10 aromatic rings. The van der Waals surface area contributed by atoms with Gasteiger partial charge in [-0.25, -0.2) is 0 Å². The van der Waals surface area contributed by atoms with E-state index in [-0.39, 0.29) is 5.41 Å². The fourth-order valence-electron chi connectivity index (χ4n) is 9.28. The number of fused-ring (bicyclic) bond motifs is 12. The molecule has 1 aliphatic rings. The van der Waals surface area contributed by atoms with Crippen molar-refractivity contribution in [3.8, 4) is 33.4 Å². The molecule has 234 valence electrons. The van der Waals surface area contributed by atoms with Gasteiger partial charge in [0.2, 0.25) is 0 Å². The van der Waals surface area contributed by atoms with Crippen molar-refractivity contribution in [3.63, 3.8) is 0 Å². The molecule has 1 heteroatoms. The van der Waals surface area contributed by atoms with E-state index in [1.165, 1.54) is 108 Å². The van der Waals surface area contributed by atoms with Crippen molar-refractivity contribution >= 4 is 74.6 Å². The molecule has 0 unspecified atom stereocenters. The number of thiophene rings is 1. The molecule has 0 radical (unpaired) electrons. The summed E-state index contributed by atoms with van der Waals surface area (Å²) in [6.07, 6.45) is 0. The largest absolute Gasteiger partial charge is 0.135 e. The van der Waals surface area contributed by atoms with Crippen LogP contribution in [0.5, 0.6) is 0 Å². The van der Waals surface area contributed by atoms with Crippen molar-refractivity contribution < 1.29 is 0 Å². The Morgan fingerprint density at radius 2 is 1.02 bits per heavy atom. The van der Waals surface area contributed by atoms with E-state index in [1.807, 2.05) is 11.3 Å². The zero-order chi connectivity index (χ0) is 33.1. The first-order valence-electron chi connectivity index (χ1n) is 17.5. The zero-order valence-electron chi connectivity index (χ0n) is 27.9. The Kier molecular flexibility index (Phi) is 5.70. The first-order valence-corrected chi connectivity index (χ1v) is 18.3. The molecule has 0 bridgehead atoms. The summed E-state index contributed by atoms with van der Waals surface area (Å²) in [5, 5.41) is 13.2. The lowest BCUT2D eigenvalue weighted by Crippen LogP contribution is -2.15.